The summed E-state index contributed by atoms with van der Waals surface area (Å²) < 4.78 is 20.1. The number of ether oxygens (including phenoxy) is 2. The van der Waals surface area contributed by atoms with Gasteiger partial charge in [0.1, 0.15) is 12.3 Å². The normalized spacial score (nSPS) is 19.7. The van der Waals surface area contributed by atoms with Crippen LogP contribution < -0.4 is 10.1 Å². The molecule has 0 bridgehead atoms. The van der Waals surface area contributed by atoms with E-state index in [1.54, 1.807) is 6.07 Å². The molecule has 1 N–H and O–H groups in total. The van der Waals surface area contributed by atoms with Gasteiger partial charge in [-0.05, 0) is 55.5 Å². The zero-order chi connectivity index (χ0) is 34.3. The van der Waals surface area contributed by atoms with Crippen LogP contribution in [0.5, 0.6) is 5.95 Å². The van der Waals surface area contributed by atoms with Crippen molar-refractivity contribution in [2.45, 2.75) is 83.7 Å². The van der Waals surface area contributed by atoms with Crippen LogP contribution in [0.3, 0.4) is 0 Å². The van der Waals surface area contributed by atoms with Gasteiger partial charge >= 0.3 is 12.1 Å². The number of carbonyl (C=O) groups is 2. The van der Waals surface area contributed by atoms with E-state index in [0.717, 1.165) is 44.8 Å². The van der Waals surface area contributed by atoms with Crippen molar-refractivity contribution in [3.63, 3.8) is 0 Å². The largest absolute Gasteiger partial charge is 0.425 e. The second-order valence-corrected chi connectivity index (χ2v) is 20.2. The Morgan fingerprint density at radius 2 is 1.88 bits per heavy atom. The minimum Gasteiger partial charge on any atom is -0.425 e. The number of nitrogens with one attached hydrogen (secondary N) is 1. The predicted octanol–water partition coefficient (Wildman–Crippen LogP) is 8.72. The van der Waals surface area contributed by atoms with Gasteiger partial charge in [-0.3, -0.25) is 4.90 Å². The number of nitrogens with zero attached hydrogens (tertiary/aromatic N) is 4. The Balaban J connectivity index is 1.28. The number of aryl methyl sites for hydroxylation is 1. The molecule has 256 valence electrons. The van der Waals surface area contributed by atoms with Crippen LogP contribution in [0.2, 0.25) is 25.7 Å². The highest BCUT2D eigenvalue weighted by molar-refractivity contribution is 6.76. The number of likely N-dealkylation sites (tertiary alicyclic amines) is 1. The van der Waals surface area contributed by atoms with Crippen molar-refractivity contribution in [1.29, 1.82) is 0 Å². The number of benzene rings is 3. The standard InChI is InChI=1S/C38H45N5O5Si/c1-6-38(35-30-15-11-12-26(2)34(30)43(40-35)25-46-20-21-49(3,4)5)23-29(41-24-28-14-7-9-16-31(28)39-36(41)44)18-19-42(38)37(45)48-33-22-27-13-8-10-17-32(27)47-33/h7-17,22,29H,6,18-21,23-25H2,1-5H3,(H,39,44). The van der Waals surface area contributed by atoms with E-state index < -0.39 is 19.7 Å². The number of furan rings is 1. The molecule has 2 aliphatic rings. The summed E-state index contributed by atoms with van der Waals surface area (Å²) in [4.78, 5) is 31.6. The van der Waals surface area contributed by atoms with E-state index in [1.165, 1.54) is 0 Å². The lowest BCUT2D eigenvalue weighted by atomic mass is 9.77. The van der Waals surface area contributed by atoms with Crippen molar-refractivity contribution < 1.29 is 23.5 Å². The van der Waals surface area contributed by atoms with Crippen LogP contribution in [-0.2, 0) is 23.6 Å². The molecule has 2 aromatic heterocycles. The Morgan fingerprint density at radius 3 is 2.67 bits per heavy atom. The van der Waals surface area contributed by atoms with Gasteiger partial charge in [0, 0.05) is 56.3 Å². The summed E-state index contributed by atoms with van der Waals surface area (Å²) in [5, 5.41) is 10.2. The number of carbonyl (C=O) groups excluding carboxylic acids is 2. The highest BCUT2D eigenvalue weighted by Crippen LogP contribution is 2.46. The summed E-state index contributed by atoms with van der Waals surface area (Å²) in [7, 11) is -1.27. The number of urea groups is 1. The third-order valence-corrected chi connectivity index (χ3v) is 11.8. The molecule has 0 radical (unpaired) electrons. The molecule has 10 nitrogen and oxygen atoms in total. The molecule has 11 heteroatoms. The highest BCUT2D eigenvalue weighted by atomic mass is 28.3. The van der Waals surface area contributed by atoms with E-state index in [0.29, 0.717) is 51.3 Å². The maximum atomic E-state index is 14.3. The summed E-state index contributed by atoms with van der Waals surface area (Å²) in [6.07, 6.45) is 1.13. The minimum absolute atomic E-state index is 0.131. The van der Waals surface area contributed by atoms with Gasteiger partial charge in [0.15, 0.2) is 0 Å². The van der Waals surface area contributed by atoms with Crippen molar-refractivity contribution in [3.8, 4) is 5.95 Å². The van der Waals surface area contributed by atoms with Crippen LogP contribution >= 0.6 is 0 Å². The Bertz CT molecular complexity index is 1980. The SMILES string of the molecule is CCC1(c2nn(COCC[Si](C)(C)C)c3c(C)cccc23)CC(N2Cc3ccccc3NC2=O)CCN1C(=O)Oc1cc2ccccc2o1. The second kappa shape index (κ2) is 13.0. The van der Waals surface area contributed by atoms with Gasteiger partial charge < -0.3 is 24.1 Å². The fourth-order valence-electron chi connectivity index (χ4n) is 7.40. The topological polar surface area (TPSA) is 102 Å². The second-order valence-electron chi connectivity index (χ2n) is 14.5. The predicted molar refractivity (Wildman–Crippen MR) is 194 cm³/mol. The Morgan fingerprint density at radius 1 is 1.08 bits per heavy atom. The van der Waals surface area contributed by atoms with Crippen LogP contribution in [-0.4, -0.2) is 59.0 Å². The average Bonchev–Trinajstić information content (AvgIpc) is 3.67. The number of piperidine rings is 1. The molecule has 3 amide bonds. The fourth-order valence-corrected chi connectivity index (χ4v) is 8.16. The maximum Gasteiger partial charge on any atom is 0.418 e. The number of fused-ring (bicyclic) bond motifs is 3. The van der Waals surface area contributed by atoms with Gasteiger partial charge in [-0.1, -0.05) is 81.2 Å². The summed E-state index contributed by atoms with van der Waals surface area (Å²) in [5.74, 6) is 0.146. The molecule has 1 saturated heterocycles. The zero-order valence-corrected chi connectivity index (χ0v) is 30.0. The molecule has 0 saturated carbocycles. The molecule has 2 aliphatic heterocycles. The molecule has 2 unspecified atom stereocenters. The third kappa shape index (κ3) is 6.33. The van der Waals surface area contributed by atoms with E-state index in [-0.39, 0.29) is 18.0 Å². The molecule has 49 heavy (non-hydrogen) atoms. The van der Waals surface area contributed by atoms with Crippen molar-refractivity contribution >= 4 is 47.8 Å². The number of para-hydroxylation sites is 3. The monoisotopic (exact) mass is 679 g/mol. The van der Waals surface area contributed by atoms with Gasteiger partial charge in [0.25, 0.3) is 5.95 Å². The zero-order valence-electron chi connectivity index (χ0n) is 29.0. The first kappa shape index (κ1) is 32.9. The molecule has 0 spiro atoms. The van der Waals surface area contributed by atoms with Crippen molar-refractivity contribution in [1.82, 2.24) is 19.6 Å². The molecule has 3 aromatic carbocycles. The molecule has 5 aromatic rings. The van der Waals surface area contributed by atoms with Crippen LogP contribution in [0, 0.1) is 6.92 Å². The van der Waals surface area contributed by atoms with E-state index in [4.69, 9.17) is 19.0 Å². The first-order valence-corrected chi connectivity index (χ1v) is 20.9. The number of aromatic nitrogens is 2. The molecule has 4 heterocycles. The lowest BCUT2D eigenvalue weighted by molar-refractivity contribution is 0.00608. The van der Waals surface area contributed by atoms with Gasteiger partial charge in [-0.25, -0.2) is 14.3 Å². The van der Waals surface area contributed by atoms with Crippen molar-refractivity contribution in [2.24, 2.45) is 0 Å². The quantitative estimate of drug-likeness (QED) is 0.124. The first-order chi connectivity index (χ1) is 23.6. The van der Waals surface area contributed by atoms with E-state index >= 15 is 0 Å². The number of rotatable bonds is 9. The van der Waals surface area contributed by atoms with Crippen molar-refractivity contribution in [2.75, 3.05) is 18.5 Å². The Labute approximate surface area is 288 Å². The van der Waals surface area contributed by atoms with Crippen LogP contribution in [0.1, 0.15) is 43.0 Å². The summed E-state index contributed by atoms with van der Waals surface area (Å²) >= 11 is 0. The van der Waals surface area contributed by atoms with Crippen LogP contribution in [0.15, 0.2) is 77.2 Å². The molecule has 7 rings (SSSR count). The van der Waals surface area contributed by atoms with E-state index in [1.807, 2.05) is 63.0 Å². The number of hydrogen-bond acceptors (Lipinski definition) is 6. The lowest BCUT2D eigenvalue weighted by Crippen LogP contribution is -2.60. The van der Waals surface area contributed by atoms with E-state index in [9.17, 15) is 9.59 Å². The molecule has 1 fully saturated rings. The molecular weight excluding hydrogens is 635 g/mol. The van der Waals surface area contributed by atoms with Gasteiger partial charge in [0.2, 0.25) is 0 Å². The first-order valence-electron chi connectivity index (χ1n) is 17.2. The van der Waals surface area contributed by atoms with Crippen LogP contribution in [0.4, 0.5) is 15.3 Å². The van der Waals surface area contributed by atoms with Gasteiger partial charge in [-0.15, -0.1) is 0 Å². The van der Waals surface area contributed by atoms with Crippen molar-refractivity contribution in [3.05, 3.63) is 89.6 Å². The van der Waals surface area contributed by atoms with E-state index in [2.05, 4.69) is 57.0 Å². The summed E-state index contributed by atoms with van der Waals surface area (Å²) in [6.45, 7) is 13.0. The third-order valence-electron chi connectivity index (χ3n) is 10.1. The maximum absolute atomic E-state index is 14.3. The molecular formula is C38H45N5O5Si. The smallest absolute Gasteiger partial charge is 0.418 e. The highest BCUT2D eigenvalue weighted by Gasteiger charge is 2.51. The summed E-state index contributed by atoms with van der Waals surface area (Å²) in [5.41, 5.74) is 4.51. The fraction of sp³-hybridized carbons (Fsp3) is 0.395. The van der Waals surface area contributed by atoms with Gasteiger partial charge in [-0.2, -0.15) is 5.10 Å². The van der Waals surface area contributed by atoms with Crippen LogP contribution in [0.25, 0.3) is 21.9 Å². The number of hydrogen-bond donors (Lipinski definition) is 1. The molecule has 0 aliphatic carbocycles. The summed E-state index contributed by atoms with van der Waals surface area (Å²) in [6, 6.07) is 24.2. The average molecular weight is 680 g/mol. The number of anilines is 1. The lowest BCUT2D eigenvalue weighted by Gasteiger charge is -2.50. The Hall–Kier alpha value is -4.61. The number of amides is 3. The van der Waals surface area contributed by atoms with Gasteiger partial charge in [0.05, 0.1) is 16.7 Å². The minimum atomic E-state index is -1.27. The molecule has 2 atom stereocenters. The Kier molecular flexibility index (Phi) is 8.74.